The summed E-state index contributed by atoms with van der Waals surface area (Å²) in [6.45, 7) is 16.7. The molecule has 12 aromatic rings. The zero-order chi connectivity index (χ0) is 44.3. The molecule has 0 saturated carbocycles. The van der Waals surface area contributed by atoms with Gasteiger partial charge in [-0.25, -0.2) is 0 Å². The summed E-state index contributed by atoms with van der Waals surface area (Å²) in [5.74, 6) is 0. The fourth-order valence-electron chi connectivity index (χ4n) is 12.6. The van der Waals surface area contributed by atoms with Gasteiger partial charge in [0.2, 0.25) is 0 Å². The summed E-state index contributed by atoms with van der Waals surface area (Å²) >= 11 is 3.88. The lowest BCUT2D eigenvalue weighted by atomic mass is 9.44. The largest absolute Gasteiger partial charge is 0.455 e. The molecule has 0 bridgehead atoms. The SMILES string of the molecule is CC(C)(C)c1ccc(N2B3c4cc5sc6ccccc6c5cc4-n4c5ccc6c7ccccc7oc6c5c5ccc(c3c54)-c3cc4sc5cc6c(cc5c4cc32)C(C)(C)CCC6(C)C)cc1. The Morgan fingerprint density at radius 1 is 0.561 bits per heavy atom. The van der Waals surface area contributed by atoms with Crippen molar-refractivity contribution in [1.29, 1.82) is 0 Å². The molecule has 6 heteroatoms. The van der Waals surface area contributed by atoms with E-state index in [1.54, 1.807) is 0 Å². The van der Waals surface area contributed by atoms with Crippen molar-refractivity contribution in [3.05, 3.63) is 150 Å². The lowest BCUT2D eigenvalue weighted by Crippen LogP contribution is -2.60. The van der Waals surface area contributed by atoms with Crippen LogP contribution in [0.15, 0.2) is 138 Å². The molecule has 4 aromatic heterocycles. The van der Waals surface area contributed by atoms with Crippen LogP contribution in [0.1, 0.15) is 78.0 Å². The van der Waals surface area contributed by atoms with Crippen molar-refractivity contribution in [2.45, 2.75) is 77.6 Å². The minimum Gasteiger partial charge on any atom is -0.455 e. The highest BCUT2D eigenvalue weighted by Crippen LogP contribution is 2.53. The van der Waals surface area contributed by atoms with Crippen LogP contribution in [0.2, 0.25) is 0 Å². The third-order valence-electron chi connectivity index (χ3n) is 16.2. The van der Waals surface area contributed by atoms with E-state index in [1.165, 1.54) is 131 Å². The molecule has 0 radical (unpaired) electrons. The van der Waals surface area contributed by atoms with Gasteiger partial charge in [-0.05, 0) is 135 Å². The summed E-state index contributed by atoms with van der Waals surface area (Å²) in [4.78, 5) is 2.72. The lowest BCUT2D eigenvalue weighted by Gasteiger charge is -2.42. The van der Waals surface area contributed by atoms with Gasteiger partial charge >= 0.3 is 6.85 Å². The van der Waals surface area contributed by atoms with Crippen LogP contribution in [0.4, 0.5) is 11.4 Å². The highest BCUT2D eigenvalue weighted by atomic mass is 32.1. The first kappa shape index (κ1) is 37.8. The summed E-state index contributed by atoms with van der Waals surface area (Å²) in [5, 5.41) is 10.1. The average molecular weight is 887 g/mol. The second-order valence-electron chi connectivity index (χ2n) is 21.9. The molecule has 3 nitrogen and oxygen atoms in total. The number of hydrogen-bond donors (Lipinski definition) is 0. The summed E-state index contributed by atoms with van der Waals surface area (Å²) in [5.41, 5.74) is 18.1. The van der Waals surface area contributed by atoms with E-state index in [9.17, 15) is 0 Å². The van der Waals surface area contributed by atoms with E-state index < -0.39 is 0 Å². The molecule has 66 heavy (non-hydrogen) atoms. The predicted molar refractivity (Wildman–Crippen MR) is 287 cm³/mol. The Morgan fingerprint density at radius 3 is 2.02 bits per heavy atom. The standard InChI is InChI=1S/C60H47BN2OS2/c1-58(2,3)32-16-18-33(19-17-32)63-47-27-42-40-26-43-44(60(6,7)25-24-59(43,4)5)30-52(40)66-51(42)29-39(47)36-20-21-38-54-46(23-22-37-34-12-8-10-14-49(34)64-57(37)54)62-48-28-41-35-13-9-11-15-50(35)65-53(41)31-45(48)61(63)55(36)56(38)62/h8-23,26-31H,24-25H2,1-7H3. The van der Waals surface area contributed by atoms with Crippen molar-refractivity contribution in [1.82, 2.24) is 4.57 Å². The van der Waals surface area contributed by atoms with E-state index in [-0.39, 0.29) is 23.1 Å². The fourth-order valence-corrected chi connectivity index (χ4v) is 14.9. The van der Waals surface area contributed by atoms with Crippen molar-refractivity contribution in [3.63, 3.8) is 0 Å². The van der Waals surface area contributed by atoms with Crippen molar-refractivity contribution in [2.75, 3.05) is 4.81 Å². The molecule has 318 valence electrons. The molecule has 0 unspecified atom stereocenters. The number of furan rings is 1. The zero-order valence-corrected chi connectivity index (χ0v) is 39.9. The van der Waals surface area contributed by atoms with Crippen molar-refractivity contribution in [3.8, 4) is 16.8 Å². The highest BCUT2D eigenvalue weighted by Gasteiger charge is 2.45. The van der Waals surface area contributed by atoms with Gasteiger partial charge in [0.1, 0.15) is 11.2 Å². The molecule has 0 spiro atoms. The van der Waals surface area contributed by atoms with Gasteiger partial charge in [0.15, 0.2) is 0 Å². The minimum atomic E-state index is -0.0842. The third kappa shape index (κ3) is 4.79. The topological polar surface area (TPSA) is 21.3 Å². The Balaban J connectivity index is 1.10. The van der Waals surface area contributed by atoms with Gasteiger partial charge in [-0.15, -0.1) is 22.7 Å². The predicted octanol–water partition coefficient (Wildman–Crippen LogP) is 16.3. The second kappa shape index (κ2) is 12.4. The Hall–Kier alpha value is -6.34. The van der Waals surface area contributed by atoms with Crippen LogP contribution >= 0.6 is 22.7 Å². The molecular formula is C60H47BN2OS2. The van der Waals surface area contributed by atoms with E-state index in [2.05, 4.69) is 191 Å². The number of para-hydroxylation sites is 1. The molecule has 0 atom stereocenters. The number of fused-ring (bicyclic) bond motifs is 19. The molecule has 0 amide bonds. The number of thiophene rings is 2. The van der Waals surface area contributed by atoms with Gasteiger partial charge in [0.25, 0.3) is 0 Å². The van der Waals surface area contributed by atoms with Crippen molar-refractivity contribution < 1.29 is 4.42 Å². The summed E-state index contributed by atoms with van der Waals surface area (Å²) < 4.78 is 14.9. The van der Waals surface area contributed by atoms with Gasteiger partial charge in [-0.2, -0.15) is 0 Å². The molecule has 0 N–H and O–H groups in total. The number of aromatic nitrogens is 1. The van der Waals surface area contributed by atoms with E-state index in [4.69, 9.17) is 4.42 Å². The summed E-state index contributed by atoms with van der Waals surface area (Å²) in [6.07, 6.45) is 2.41. The van der Waals surface area contributed by atoms with E-state index in [1.807, 2.05) is 22.7 Å². The van der Waals surface area contributed by atoms with Crippen LogP contribution in [0.25, 0.3) is 101 Å². The Bertz CT molecular complexity index is 4170. The van der Waals surface area contributed by atoms with Gasteiger partial charge in [-0.3, -0.25) is 0 Å². The number of benzene rings is 8. The summed E-state index contributed by atoms with van der Waals surface area (Å²) in [6, 6.07) is 51.8. The lowest BCUT2D eigenvalue weighted by molar-refractivity contribution is 0.332. The Labute approximate surface area is 392 Å². The van der Waals surface area contributed by atoms with Gasteiger partial charge < -0.3 is 13.8 Å². The molecule has 1 aliphatic carbocycles. The molecule has 8 aromatic carbocycles. The molecule has 15 rings (SSSR count). The first-order valence-corrected chi connectivity index (χ1v) is 25.3. The maximum atomic E-state index is 6.90. The Kier molecular flexibility index (Phi) is 7.08. The van der Waals surface area contributed by atoms with E-state index in [0.717, 1.165) is 21.9 Å². The average Bonchev–Trinajstić information content (AvgIpc) is 4.06. The van der Waals surface area contributed by atoms with Crippen LogP contribution in [0, 0.1) is 0 Å². The molecule has 3 aliphatic rings. The molecular weight excluding hydrogens is 840 g/mol. The second-order valence-corrected chi connectivity index (χ2v) is 24.1. The smallest absolute Gasteiger partial charge is 0.333 e. The quantitative estimate of drug-likeness (QED) is 0.153. The number of hydrogen-bond acceptors (Lipinski definition) is 4. The van der Waals surface area contributed by atoms with Crippen LogP contribution in [-0.4, -0.2) is 11.4 Å². The van der Waals surface area contributed by atoms with Gasteiger partial charge in [-0.1, -0.05) is 109 Å². The molecule has 0 saturated heterocycles. The van der Waals surface area contributed by atoms with Crippen molar-refractivity contribution >= 4 is 136 Å². The third-order valence-corrected chi connectivity index (χ3v) is 18.4. The van der Waals surface area contributed by atoms with E-state index >= 15 is 0 Å². The first-order valence-electron chi connectivity index (χ1n) is 23.6. The van der Waals surface area contributed by atoms with Gasteiger partial charge in [0.05, 0.1) is 16.4 Å². The van der Waals surface area contributed by atoms with Crippen LogP contribution in [0.3, 0.4) is 0 Å². The van der Waals surface area contributed by atoms with Crippen LogP contribution in [0.5, 0.6) is 0 Å². The first-order chi connectivity index (χ1) is 31.8. The minimum absolute atomic E-state index is 0.0352. The fraction of sp³-hybridized carbons (Fsp3) is 0.200. The molecule has 6 heterocycles. The monoisotopic (exact) mass is 886 g/mol. The molecule has 0 fully saturated rings. The summed E-state index contributed by atoms with van der Waals surface area (Å²) in [7, 11) is 0. The zero-order valence-electron chi connectivity index (χ0n) is 38.3. The number of rotatable bonds is 1. The Morgan fingerprint density at radius 2 is 1.21 bits per heavy atom. The maximum absolute atomic E-state index is 6.90. The maximum Gasteiger partial charge on any atom is 0.333 e. The van der Waals surface area contributed by atoms with Crippen LogP contribution in [-0.2, 0) is 16.2 Å². The number of anilines is 2. The van der Waals surface area contributed by atoms with Crippen LogP contribution < -0.4 is 15.7 Å². The van der Waals surface area contributed by atoms with Crippen molar-refractivity contribution in [2.24, 2.45) is 0 Å². The highest BCUT2D eigenvalue weighted by molar-refractivity contribution is 7.26. The number of nitrogens with zero attached hydrogens (tertiary/aromatic N) is 2. The normalized spacial score (nSPS) is 16.2. The molecule has 2 aliphatic heterocycles. The van der Waals surface area contributed by atoms with E-state index in [0.29, 0.717) is 0 Å². The van der Waals surface area contributed by atoms with Gasteiger partial charge in [0, 0.05) is 79.1 Å².